The number of nitrogens with one attached hydrogen (secondary N) is 2. The van der Waals surface area contributed by atoms with E-state index in [4.69, 9.17) is 0 Å². The molecule has 0 saturated heterocycles. The Morgan fingerprint density at radius 1 is 1.42 bits per heavy atom. The van der Waals surface area contributed by atoms with Gasteiger partial charge in [-0.05, 0) is 44.6 Å². The van der Waals surface area contributed by atoms with Crippen molar-refractivity contribution in [1.82, 2.24) is 10.3 Å². The SMILES string of the molecule is CNc1cc(C(=O)NC2CCC(SC)C2)cc(C)n1. The quantitative estimate of drug-likeness (QED) is 0.889. The molecule has 1 heterocycles. The molecule has 1 amide bonds. The summed E-state index contributed by atoms with van der Waals surface area (Å²) in [5.41, 5.74) is 1.54. The van der Waals surface area contributed by atoms with Crippen LogP contribution in [0.25, 0.3) is 0 Å². The molecule has 1 aromatic rings. The third-order valence-electron chi connectivity index (χ3n) is 3.52. The summed E-state index contributed by atoms with van der Waals surface area (Å²) in [5.74, 6) is 0.743. The third-order valence-corrected chi connectivity index (χ3v) is 4.62. The highest BCUT2D eigenvalue weighted by Gasteiger charge is 2.25. The van der Waals surface area contributed by atoms with Crippen LogP contribution in [0.1, 0.15) is 35.3 Å². The molecule has 2 N–H and O–H groups in total. The largest absolute Gasteiger partial charge is 0.373 e. The number of anilines is 1. The summed E-state index contributed by atoms with van der Waals surface area (Å²) >= 11 is 1.90. The average Bonchev–Trinajstić information content (AvgIpc) is 2.85. The molecule has 2 unspecified atom stereocenters. The van der Waals surface area contributed by atoms with Gasteiger partial charge in [-0.15, -0.1) is 0 Å². The molecule has 5 heteroatoms. The molecule has 2 rings (SSSR count). The van der Waals surface area contributed by atoms with E-state index < -0.39 is 0 Å². The van der Waals surface area contributed by atoms with Crippen molar-refractivity contribution in [3.63, 3.8) is 0 Å². The zero-order valence-corrected chi connectivity index (χ0v) is 12.5. The van der Waals surface area contributed by atoms with Gasteiger partial charge in [0.05, 0.1) is 0 Å². The maximum Gasteiger partial charge on any atom is 0.251 e. The zero-order chi connectivity index (χ0) is 13.8. The summed E-state index contributed by atoms with van der Waals surface area (Å²) < 4.78 is 0. The summed E-state index contributed by atoms with van der Waals surface area (Å²) in [7, 11) is 1.81. The number of amides is 1. The fraction of sp³-hybridized carbons (Fsp3) is 0.571. The van der Waals surface area contributed by atoms with Crippen molar-refractivity contribution >= 4 is 23.5 Å². The van der Waals surface area contributed by atoms with Gasteiger partial charge in [0.25, 0.3) is 5.91 Å². The molecular weight excluding hydrogens is 258 g/mol. The maximum atomic E-state index is 12.2. The Morgan fingerprint density at radius 3 is 2.84 bits per heavy atom. The Bertz CT molecular complexity index is 464. The first-order valence-electron chi connectivity index (χ1n) is 6.62. The smallest absolute Gasteiger partial charge is 0.251 e. The fourth-order valence-corrected chi connectivity index (χ4v) is 3.28. The molecule has 2 atom stereocenters. The van der Waals surface area contributed by atoms with Gasteiger partial charge in [-0.25, -0.2) is 4.98 Å². The molecule has 19 heavy (non-hydrogen) atoms. The summed E-state index contributed by atoms with van der Waals surface area (Å²) in [6.45, 7) is 1.90. The van der Waals surface area contributed by atoms with Crippen molar-refractivity contribution in [2.45, 2.75) is 37.5 Å². The first-order valence-corrected chi connectivity index (χ1v) is 7.91. The fourth-order valence-electron chi connectivity index (χ4n) is 2.48. The van der Waals surface area contributed by atoms with E-state index in [0.717, 1.165) is 24.4 Å². The lowest BCUT2D eigenvalue weighted by molar-refractivity contribution is 0.0938. The minimum Gasteiger partial charge on any atom is -0.373 e. The Morgan fingerprint density at radius 2 is 2.21 bits per heavy atom. The van der Waals surface area contributed by atoms with Crippen molar-refractivity contribution in [2.75, 3.05) is 18.6 Å². The van der Waals surface area contributed by atoms with Crippen LogP contribution in [0.5, 0.6) is 0 Å². The molecular formula is C14H21N3OS. The molecule has 4 nitrogen and oxygen atoms in total. The van der Waals surface area contributed by atoms with Gasteiger partial charge < -0.3 is 10.6 Å². The minimum atomic E-state index is 0.00810. The first-order chi connectivity index (χ1) is 9.12. The van der Waals surface area contributed by atoms with Crippen molar-refractivity contribution < 1.29 is 4.79 Å². The van der Waals surface area contributed by atoms with Gasteiger partial charge in [0.2, 0.25) is 0 Å². The van der Waals surface area contributed by atoms with Crippen molar-refractivity contribution in [1.29, 1.82) is 0 Å². The highest BCUT2D eigenvalue weighted by molar-refractivity contribution is 7.99. The second-order valence-corrected chi connectivity index (χ2v) is 6.11. The Hall–Kier alpha value is -1.23. The van der Waals surface area contributed by atoms with E-state index in [9.17, 15) is 4.79 Å². The zero-order valence-electron chi connectivity index (χ0n) is 11.7. The summed E-state index contributed by atoms with van der Waals surface area (Å²) in [6, 6.07) is 3.94. The molecule has 0 spiro atoms. The van der Waals surface area contributed by atoms with Crippen LogP contribution in [-0.4, -0.2) is 35.5 Å². The third kappa shape index (κ3) is 3.62. The highest BCUT2D eigenvalue weighted by atomic mass is 32.2. The van der Waals surface area contributed by atoms with Crippen LogP contribution in [0.15, 0.2) is 12.1 Å². The van der Waals surface area contributed by atoms with E-state index in [0.29, 0.717) is 16.9 Å². The maximum absolute atomic E-state index is 12.2. The topological polar surface area (TPSA) is 54.0 Å². The predicted octanol–water partition coefficient (Wildman–Crippen LogP) is 2.45. The van der Waals surface area contributed by atoms with Crippen LogP contribution in [0, 0.1) is 6.92 Å². The minimum absolute atomic E-state index is 0.00810. The van der Waals surface area contributed by atoms with E-state index >= 15 is 0 Å². The van der Waals surface area contributed by atoms with Crippen LogP contribution in [0.4, 0.5) is 5.82 Å². The number of thioether (sulfide) groups is 1. The van der Waals surface area contributed by atoms with E-state index in [1.54, 1.807) is 6.07 Å². The summed E-state index contributed by atoms with van der Waals surface area (Å²) in [6.07, 6.45) is 5.50. The van der Waals surface area contributed by atoms with Gasteiger partial charge in [-0.2, -0.15) is 11.8 Å². The molecule has 1 aromatic heterocycles. The number of nitrogens with zero attached hydrogens (tertiary/aromatic N) is 1. The standard InChI is InChI=1S/C14H21N3OS/c1-9-6-10(7-13(15-2)16-9)14(18)17-11-4-5-12(8-11)19-3/h6-7,11-12H,4-5,8H2,1-3H3,(H,15,16)(H,17,18). The van der Waals surface area contributed by atoms with Crippen LogP contribution < -0.4 is 10.6 Å². The molecule has 0 aliphatic heterocycles. The number of hydrogen-bond acceptors (Lipinski definition) is 4. The van der Waals surface area contributed by atoms with E-state index in [2.05, 4.69) is 21.9 Å². The highest BCUT2D eigenvalue weighted by Crippen LogP contribution is 2.28. The lowest BCUT2D eigenvalue weighted by Crippen LogP contribution is -2.33. The molecule has 0 radical (unpaired) electrons. The molecule has 0 aromatic carbocycles. The lowest BCUT2D eigenvalue weighted by Gasteiger charge is -2.13. The Labute approximate surface area is 118 Å². The number of aromatic nitrogens is 1. The predicted molar refractivity (Wildman–Crippen MR) is 80.9 cm³/mol. The second-order valence-electron chi connectivity index (χ2n) is 4.97. The molecule has 1 saturated carbocycles. The van der Waals surface area contributed by atoms with E-state index in [1.807, 2.05) is 31.8 Å². The van der Waals surface area contributed by atoms with Gasteiger partial charge in [0.15, 0.2) is 0 Å². The monoisotopic (exact) mass is 279 g/mol. The molecule has 1 aliphatic carbocycles. The van der Waals surface area contributed by atoms with Crippen LogP contribution in [-0.2, 0) is 0 Å². The summed E-state index contributed by atoms with van der Waals surface area (Å²) in [4.78, 5) is 16.5. The molecule has 1 aliphatic rings. The van der Waals surface area contributed by atoms with Gasteiger partial charge in [0.1, 0.15) is 5.82 Å². The number of aryl methyl sites for hydroxylation is 1. The second kappa shape index (κ2) is 6.28. The number of carbonyl (C=O) groups is 1. The number of carbonyl (C=O) groups excluding carboxylic acids is 1. The molecule has 1 fully saturated rings. The summed E-state index contributed by atoms with van der Waals surface area (Å²) in [5, 5.41) is 6.80. The van der Waals surface area contributed by atoms with Gasteiger partial charge in [-0.3, -0.25) is 4.79 Å². The average molecular weight is 279 g/mol. The van der Waals surface area contributed by atoms with Gasteiger partial charge >= 0.3 is 0 Å². The van der Waals surface area contributed by atoms with Crippen molar-refractivity contribution in [3.05, 3.63) is 23.4 Å². The van der Waals surface area contributed by atoms with E-state index in [-0.39, 0.29) is 5.91 Å². The van der Waals surface area contributed by atoms with Gasteiger partial charge in [-0.1, -0.05) is 0 Å². The molecule has 104 valence electrons. The van der Waals surface area contributed by atoms with Crippen LogP contribution in [0.3, 0.4) is 0 Å². The Kier molecular flexibility index (Phi) is 4.69. The number of pyridine rings is 1. The number of hydrogen-bond donors (Lipinski definition) is 2. The van der Waals surface area contributed by atoms with Crippen LogP contribution >= 0.6 is 11.8 Å². The van der Waals surface area contributed by atoms with Crippen molar-refractivity contribution in [2.24, 2.45) is 0 Å². The van der Waals surface area contributed by atoms with Crippen molar-refractivity contribution in [3.8, 4) is 0 Å². The molecule has 0 bridgehead atoms. The normalized spacial score (nSPS) is 22.3. The Balaban J connectivity index is 2.02. The lowest BCUT2D eigenvalue weighted by atomic mass is 10.2. The van der Waals surface area contributed by atoms with Crippen LogP contribution in [0.2, 0.25) is 0 Å². The van der Waals surface area contributed by atoms with E-state index in [1.165, 1.54) is 6.42 Å². The number of rotatable bonds is 4. The van der Waals surface area contributed by atoms with Gasteiger partial charge in [0, 0.05) is 29.6 Å². The first kappa shape index (κ1) is 14.2.